The Morgan fingerprint density at radius 1 is 0.400 bits per heavy atom. The first-order chi connectivity index (χ1) is 34.5. The maximum Gasteiger partial charge on any atom is 0.305 e. The van der Waals surface area contributed by atoms with Gasteiger partial charge in [0.15, 0.2) is 0 Å². The number of esters is 1. The van der Waals surface area contributed by atoms with Gasteiger partial charge < -0.3 is 20.3 Å². The minimum absolute atomic E-state index is 0.0236. The summed E-state index contributed by atoms with van der Waals surface area (Å²) in [7, 11) is 0. The van der Waals surface area contributed by atoms with E-state index in [1.165, 1.54) is 238 Å². The van der Waals surface area contributed by atoms with E-state index in [0.717, 1.165) is 70.6 Å². The predicted molar refractivity (Wildman–Crippen MR) is 306 cm³/mol. The molecule has 0 saturated heterocycles. The average molecular weight is 985 g/mol. The van der Waals surface area contributed by atoms with E-state index in [1.807, 2.05) is 6.08 Å². The van der Waals surface area contributed by atoms with Crippen LogP contribution in [0.4, 0.5) is 0 Å². The van der Waals surface area contributed by atoms with Crippen molar-refractivity contribution in [2.45, 2.75) is 347 Å². The van der Waals surface area contributed by atoms with Gasteiger partial charge in [-0.15, -0.1) is 0 Å². The molecule has 0 spiro atoms. The number of ether oxygens (including phenoxy) is 1. The number of hydrogen-bond acceptors (Lipinski definition) is 5. The smallest absolute Gasteiger partial charge is 0.305 e. The fraction of sp³-hybridized carbons (Fsp3) is 0.875. The molecule has 6 heteroatoms. The van der Waals surface area contributed by atoms with Crippen LogP contribution in [-0.2, 0) is 14.3 Å². The highest BCUT2D eigenvalue weighted by atomic mass is 16.5. The van der Waals surface area contributed by atoms with Crippen LogP contribution in [0.25, 0.3) is 0 Å². The molecular formula is C64H121NO5. The molecule has 6 nitrogen and oxygen atoms in total. The summed E-state index contributed by atoms with van der Waals surface area (Å²) in [5.41, 5.74) is 0. The number of aliphatic hydroxyl groups is 2. The van der Waals surface area contributed by atoms with Crippen LogP contribution < -0.4 is 5.32 Å². The zero-order valence-electron chi connectivity index (χ0n) is 47.0. The third-order valence-electron chi connectivity index (χ3n) is 14.4. The Bertz CT molecular complexity index is 1130. The molecule has 412 valence electrons. The van der Waals surface area contributed by atoms with E-state index >= 15 is 0 Å². The van der Waals surface area contributed by atoms with Gasteiger partial charge in [-0.1, -0.05) is 294 Å². The maximum atomic E-state index is 12.5. The Hall–Kier alpha value is -1.92. The number of allylic oxidation sites excluding steroid dienone is 5. The molecule has 0 aromatic rings. The first kappa shape index (κ1) is 68.1. The highest BCUT2D eigenvalue weighted by Gasteiger charge is 2.18. The summed E-state index contributed by atoms with van der Waals surface area (Å²) in [6, 6.07) is -0.642. The van der Waals surface area contributed by atoms with Gasteiger partial charge in [0.05, 0.1) is 25.4 Å². The van der Waals surface area contributed by atoms with Gasteiger partial charge in [0.25, 0.3) is 0 Å². The molecule has 1 amide bonds. The molecule has 2 atom stereocenters. The number of rotatable bonds is 58. The van der Waals surface area contributed by atoms with E-state index in [9.17, 15) is 19.8 Å². The van der Waals surface area contributed by atoms with E-state index in [0.29, 0.717) is 19.4 Å². The third-order valence-corrected chi connectivity index (χ3v) is 14.4. The standard InChI is InChI=1S/C64H121NO5/c1-3-5-7-9-11-13-15-17-19-21-22-23-24-25-26-27-28-29-30-32-36-40-44-48-52-56-62(67)61(60-66)65-63(68)57-53-49-45-41-37-34-35-39-43-47-51-55-59-70-64(69)58-54-50-46-42-38-33-31-20-18-16-14-12-10-8-6-4-2/h14,16,20,31,52,56,61-62,66-67H,3-13,15,17-19,21-30,32-51,53-55,57-60H2,1-2H3,(H,65,68)/b16-14-,31-20-,56-52+. The fourth-order valence-corrected chi connectivity index (χ4v) is 9.61. The average Bonchev–Trinajstić information content (AvgIpc) is 3.36. The van der Waals surface area contributed by atoms with Crippen LogP contribution in [0.5, 0.6) is 0 Å². The summed E-state index contributed by atoms with van der Waals surface area (Å²) in [6.45, 7) is 4.87. The first-order valence-corrected chi connectivity index (χ1v) is 31.3. The Morgan fingerprint density at radius 3 is 1.10 bits per heavy atom. The molecule has 0 fully saturated rings. The third kappa shape index (κ3) is 55.4. The van der Waals surface area contributed by atoms with Crippen molar-refractivity contribution in [3.05, 3.63) is 36.5 Å². The molecule has 0 rings (SSSR count). The fourth-order valence-electron chi connectivity index (χ4n) is 9.61. The Labute approximate surface area is 436 Å². The molecule has 2 unspecified atom stereocenters. The van der Waals surface area contributed by atoms with Crippen LogP contribution >= 0.6 is 0 Å². The van der Waals surface area contributed by atoms with Gasteiger partial charge in [-0.2, -0.15) is 0 Å². The Kier molecular flexibility index (Phi) is 58.0. The number of carbonyl (C=O) groups is 2. The zero-order chi connectivity index (χ0) is 50.7. The topological polar surface area (TPSA) is 95.9 Å². The summed E-state index contributed by atoms with van der Waals surface area (Å²) >= 11 is 0. The normalized spacial score (nSPS) is 12.8. The number of carbonyl (C=O) groups excluding carboxylic acids is 2. The van der Waals surface area contributed by atoms with Crippen molar-refractivity contribution in [1.82, 2.24) is 5.32 Å². The molecule has 0 aliphatic rings. The first-order valence-electron chi connectivity index (χ1n) is 31.3. The van der Waals surface area contributed by atoms with Crippen LogP contribution in [0.3, 0.4) is 0 Å². The van der Waals surface area contributed by atoms with E-state index < -0.39 is 12.1 Å². The van der Waals surface area contributed by atoms with E-state index in [2.05, 4.69) is 43.5 Å². The monoisotopic (exact) mass is 984 g/mol. The summed E-state index contributed by atoms with van der Waals surface area (Å²) < 4.78 is 5.47. The number of nitrogens with one attached hydrogen (secondary N) is 1. The second-order valence-corrected chi connectivity index (χ2v) is 21.4. The molecule has 3 N–H and O–H groups in total. The molecule has 0 bridgehead atoms. The summed E-state index contributed by atoms with van der Waals surface area (Å²) in [5, 5.41) is 23.2. The predicted octanol–water partition coefficient (Wildman–Crippen LogP) is 19.6. The zero-order valence-corrected chi connectivity index (χ0v) is 47.0. The van der Waals surface area contributed by atoms with Gasteiger partial charge in [0.2, 0.25) is 5.91 Å². The van der Waals surface area contributed by atoms with Crippen molar-refractivity contribution >= 4 is 11.9 Å². The highest BCUT2D eigenvalue weighted by Crippen LogP contribution is 2.17. The van der Waals surface area contributed by atoms with Crippen LogP contribution in [-0.4, -0.2) is 47.4 Å². The summed E-state index contributed by atoms with van der Waals surface area (Å²) in [4.78, 5) is 24.6. The van der Waals surface area contributed by atoms with Crippen molar-refractivity contribution < 1.29 is 24.5 Å². The van der Waals surface area contributed by atoms with Gasteiger partial charge in [-0.25, -0.2) is 0 Å². The van der Waals surface area contributed by atoms with Crippen molar-refractivity contribution in [3.63, 3.8) is 0 Å². The van der Waals surface area contributed by atoms with Gasteiger partial charge in [0, 0.05) is 12.8 Å². The SMILES string of the molecule is CCCCCC/C=C\C/C=C\CCCCCCCC(=O)OCCCCCCCCCCCCCCC(=O)NC(CO)C(O)/C=C/CCCCCCCCCCCCCCCCCCCCCCCCC. The molecule has 0 heterocycles. The largest absolute Gasteiger partial charge is 0.466 e. The van der Waals surface area contributed by atoms with E-state index in [4.69, 9.17) is 4.74 Å². The molecule has 0 aliphatic carbocycles. The lowest BCUT2D eigenvalue weighted by molar-refractivity contribution is -0.143. The number of hydrogen-bond donors (Lipinski definition) is 3. The van der Waals surface area contributed by atoms with Crippen LogP contribution in [0, 0.1) is 0 Å². The second-order valence-electron chi connectivity index (χ2n) is 21.4. The molecular weight excluding hydrogens is 863 g/mol. The van der Waals surface area contributed by atoms with Crippen molar-refractivity contribution in [1.29, 1.82) is 0 Å². The quantitative estimate of drug-likeness (QED) is 0.0321. The lowest BCUT2D eigenvalue weighted by Crippen LogP contribution is -2.45. The molecule has 0 saturated carbocycles. The van der Waals surface area contributed by atoms with Gasteiger partial charge >= 0.3 is 5.97 Å². The highest BCUT2D eigenvalue weighted by molar-refractivity contribution is 5.76. The van der Waals surface area contributed by atoms with Crippen LogP contribution in [0.15, 0.2) is 36.5 Å². The maximum absolute atomic E-state index is 12.5. The summed E-state index contributed by atoms with van der Waals surface area (Å²) in [6.07, 6.45) is 74.6. The second kappa shape index (κ2) is 59.6. The van der Waals surface area contributed by atoms with Crippen LogP contribution in [0.2, 0.25) is 0 Å². The Balaban J connectivity index is 3.49. The molecule has 70 heavy (non-hydrogen) atoms. The van der Waals surface area contributed by atoms with Crippen molar-refractivity contribution in [2.75, 3.05) is 13.2 Å². The minimum atomic E-state index is -0.857. The lowest BCUT2D eigenvalue weighted by atomic mass is 10.0. The van der Waals surface area contributed by atoms with Crippen molar-refractivity contribution in [3.8, 4) is 0 Å². The van der Waals surface area contributed by atoms with E-state index in [1.54, 1.807) is 6.08 Å². The number of unbranched alkanes of at least 4 members (excludes halogenated alkanes) is 43. The van der Waals surface area contributed by atoms with E-state index in [-0.39, 0.29) is 18.5 Å². The van der Waals surface area contributed by atoms with Gasteiger partial charge in [-0.05, 0) is 64.2 Å². The van der Waals surface area contributed by atoms with Crippen molar-refractivity contribution in [2.24, 2.45) is 0 Å². The lowest BCUT2D eigenvalue weighted by Gasteiger charge is -2.20. The molecule has 0 aromatic heterocycles. The molecule has 0 aliphatic heterocycles. The minimum Gasteiger partial charge on any atom is -0.466 e. The van der Waals surface area contributed by atoms with Crippen LogP contribution in [0.1, 0.15) is 335 Å². The molecule has 0 aromatic carbocycles. The van der Waals surface area contributed by atoms with Gasteiger partial charge in [0.1, 0.15) is 0 Å². The number of aliphatic hydroxyl groups excluding tert-OH is 2. The molecule has 0 radical (unpaired) electrons. The van der Waals surface area contributed by atoms with Gasteiger partial charge in [-0.3, -0.25) is 9.59 Å². The number of amides is 1. The summed E-state index contributed by atoms with van der Waals surface area (Å²) in [5.74, 6) is -0.105. The Morgan fingerprint density at radius 2 is 0.714 bits per heavy atom.